The van der Waals surface area contributed by atoms with E-state index in [1.807, 2.05) is 30.3 Å². The molecule has 0 bridgehead atoms. The maximum atomic E-state index is 11.9. The van der Waals surface area contributed by atoms with Crippen molar-refractivity contribution < 1.29 is 13.2 Å². The number of benzene rings is 3. The molecule has 10 nitrogen and oxygen atoms in total. The standard InChI is InChI=1S/C32H39N7O3S/c1-37-18-20-39(21-19-37)24-14-16-38(17-15-24)25-10-13-29(30(22-25)42-2)35-32-34-28-7-5-4-6-27(28)31(36-32)33-23-8-11-26(12-9-23)43(3,40)41/h4-13,22,24H,14-21H2,1-3H3,(H2,33,34,35,36). The summed E-state index contributed by atoms with van der Waals surface area (Å²) < 4.78 is 29.6. The van der Waals surface area contributed by atoms with Crippen LogP contribution in [0.15, 0.2) is 71.6 Å². The monoisotopic (exact) mass is 601 g/mol. The SMILES string of the molecule is COc1cc(N2CCC(N3CCN(C)CC3)CC2)ccc1Nc1nc(Nc2ccc(S(C)(=O)=O)cc2)c2ccccc2n1. The van der Waals surface area contributed by atoms with Gasteiger partial charge in [-0.15, -0.1) is 0 Å². The van der Waals surface area contributed by atoms with Gasteiger partial charge < -0.3 is 25.2 Å². The fourth-order valence-corrected chi connectivity index (χ4v) is 6.56. The number of nitrogens with one attached hydrogen (secondary N) is 2. The smallest absolute Gasteiger partial charge is 0.229 e. The molecule has 2 N–H and O–H groups in total. The van der Waals surface area contributed by atoms with Gasteiger partial charge in [0.2, 0.25) is 5.95 Å². The predicted octanol–water partition coefficient (Wildman–Crippen LogP) is 4.75. The first-order valence-electron chi connectivity index (χ1n) is 14.7. The zero-order valence-corrected chi connectivity index (χ0v) is 25.8. The lowest BCUT2D eigenvalue weighted by Gasteiger charge is -2.42. The highest BCUT2D eigenvalue weighted by Crippen LogP contribution is 2.34. The van der Waals surface area contributed by atoms with E-state index in [0.717, 1.165) is 59.9 Å². The summed E-state index contributed by atoms with van der Waals surface area (Å²) in [5.41, 5.74) is 3.42. The van der Waals surface area contributed by atoms with Crippen LogP contribution in [0.25, 0.3) is 10.9 Å². The molecule has 3 heterocycles. The van der Waals surface area contributed by atoms with Crippen LogP contribution in [0, 0.1) is 0 Å². The number of fused-ring (bicyclic) bond motifs is 1. The minimum atomic E-state index is -3.28. The molecule has 3 aromatic carbocycles. The molecule has 226 valence electrons. The molecule has 2 saturated heterocycles. The summed E-state index contributed by atoms with van der Waals surface area (Å²) in [7, 11) is 0.609. The van der Waals surface area contributed by atoms with Gasteiger partial charge in [0.1, 0.15) is 11.6 Å². The molecule has 2 aliphatic heterocycles. The number of sulfone groups is 1. The zero-order valence-electron chi connectivity index (χ0n) is 25.0. The molecular formula is C32H39N7O3S. The average Bonchev–Trinajstić information content (AvgIpc) is 3.01. The van der Waals surface area contributed by atoms with Crippen molar-refractivity contribution >= 4 is 49.6 Å². The molecule has 0 unspecified atom stereocenters. The second kappa shape index (κ2) is 12.4. The molecule has 6 rings (SSSR count). The first-order valence-corrected chi connectivity index (χ1v) is 16.6. The van der Waals surface area contributed by atoms with Crippen molar-refractivity contribution in [1.29, 1.82) is 0 Å². The molecule has 2 aliphatic rings. The van der Waals surface area contributed by atoms with E-state index in [9.17, 15) is 8.42 Å². The minimum absolute atomic E-state index is 0.267. The van der Waals surface area contributed by atoms with Gasteiger partial charge in [-0.25, -0.2) is 13.4 Å². The van der Waals surface area contributed by atoms with E-state index in [1.54, 1.807) is 31.4 Å². The third-order valence-corrected chi connectivity index (χ3v) is 9.59. The van der Waals surface area contributed by atoms with Gasteiger partial charge in [-0.3, -0.25) is 4.90 Å². The van der Waals surface area contributed by atoms with Crippen LogP contribution in [0.5, 0.6) is 5.75 Å². The van der Waals surface area contributed by atoms with Crippen LogP contribution >= 0.6 is 0 Å². The zero-order chi connectivity index (χ0) is 30.0. The van der Waals surface area contributed by atoms with Crippen molar-refractivity contribution in [2.45, 2.75) is 23.8 Å². The van der Waals surface area contributed by atoms with Crippen LogP contribution in [0.4, 0.5) is 28.8 Å². The van der Waals surface area contributed by atoms with Gasteiger partial charge >= 0.3 is 0 Å². The summed E-state index contributed by atoms with van der Waals surface area (Å²) in [5, 5.41) is 7.54. The van der Waals surface area contributed by atoms with Crippen molar-refractivity contribution in [2.75, 3.05) is 75.2 Å². The number of piperazine rings is 1. The molecule has 0 atom stereocenters. The Morgan fingerprint density at radius 1 is 0.860 bits per heavy atom. The van der Waals surface area contributed by atoms with Crippen molar-refractivity contribution in [2.24, 2.45) is 0 Å². The number of likely N-dealkylation sites (N-methyl/N-ethyl adjacent to an activating group) is 1. The summed E-state index contributed by atoms with van der Waals surface area (Å²) in [5.74, 6) is 1.76. The van der Waals surface area contributed by atoms with E-state index in [1.165, 1.54) is 32.2 Å². The maximum absolute atomic E-state index is 11.9. The van der Waals surface area contributed by atoms with E-state index >= 15 is 0 Å². The number of piperidine rings is 1. The molecule has 0 saturated carbocycles. The molecule has 0 spiro atoms. The Morgan fingerprint density at radius 2 is 1.58 bits per heavy atom. The van der Waals surface area contributed by atoms with E-state index < -0.39 is 9.84 Å². The third kappa shape index (κ3) is 6.69. The number of methoxy groups -OCH3 is 1. The third-order valence-electron chi connectivity index (χ3n) is 8.46. The molecule has 0 radical (unpaired) electrons. The van der Waals surface area contributed by atoms with Crippen molar-refractivity contribution in [1.82, 2.24) is 19.8 Å². The van der Waals surface area contributed by atoms with Crippen molar-refractivity contribution in [3.63, 3.8) is 0 Å². The van der Waals surface area contributed by atoms with Crippen LogP contribution in [0.1, 0.15) is 12.8 Å². The average molecular weight is 602 g/mol. The molecule has 43 heavy (non-hydrogen) atoms. The highest BCUT2D eigenvalue weighted by Gasteiger charge is 2.27. The summed E-state index contributed by atoms with van der Waals surface area (Å²) in [6.45, 7) is 6.70. The Kier molecular flexibility index (Phi) is 8.38. The fourth-order valence-electron chi connectivity index (χ4n) is 5.93. The number of hydrogen-bond acceptors (Lipinski definition) is 10. The van der Waals surface area contributed by atoms with Gasteiger partial charge in [-0.1, -0.05) is 12.1 Å². The Morgan fingerprint density at radius 3 is 2.28 bits per heavy atom. The van der Waals surface area contributed by atoms with Crippen molar-refractivity contribution in [3.8, 4) is 5.75 Å². The van der Waals surface area contributed by atoms with Crippen LogP contribution in [0.3, 0.4) is 0 Å². The number of rotatable bonds is 8. The van der Waals surface area contributed by atoms with Gasteiger partial charge in [-0.05, 0) is 68.4 Å². The Labute approximate surface area is 253 Å². The van der Waals surface area contributed by atoms with Gasteiger partial charge in [0, 0.05) is 74.4 Å². The van der Waals surface area contributed by atoms with E-state index in [2.05, 4.69) is 44.5 Å². The fraction of sp³-hybridized carbons (Fsp3) is 0.375. The van der Waals surface area contributed by atoms with Gasteiger partial charge in [0.15, 0.2) is 9.84 Å². The van der Waals surface area contributed by atoms with Gasteiger partial charge in [0.25, 0.3) is 0 Å². The largest absolute Gasteiger partial charge is 0.494 e. The predicted molar refractivity (Wildman–Crippen MR) is 173 cm³/mol. The van der Waals surface area contributed by atoms with Gasteiger partial charge in [0.05, 0.1) is 23.2 Å². The normalized spacial score (nSPS) is 17.2. The Balaban J connectivity index is 1.19. The first-order chi connectivity index (χ1) is 20.8. The molecule has 11 heteroatoms. The molecule has 4 aromatic rings. The molecule has 0 aliphatic carbocycles. The topological polar surface area (TPSA) is 103 Å². The van der Waals surface area contributed by atoms with E-state index in [-0.39, 0.29) is 4.90 Å². The maximum Gasteiger partial charge on any atom is 0.229 e. The second-order valence-electron chi connectivity index (χ2n) is 11.4. The van der Waals surface area contributed by atoms with E-state index in [4.69, 9.17) is 14.7 Å². The highest BCUT2D eigenvalue weighted by molar-refractivity contribution is 7.90. The lowest BCUT2D eigenvalue weighted by atomic mass is 10.0. The lowest BCUT2D eigenvalue weighted by Crippen LogP contribution is -2.52. The number of ether oxygens (including phenoxy) is 1. The number of nitrogens with zero attached hydrogens (tertiary/aromatic N) is 5. The van der Waals surface area contributed by atoms with Crippen LogP contribution < -0.4 is 20.3 Å². The van der Waals surface area contributed by atoms with E-state index in [0.29, 0.717) is 17.8 Å². The number of hydrogen-bond donors (Lipinski definition) is 2. The first kappa shape index (κ1) is 29.2. The summed E-state index contributed by atoms with van der Waals surface area (Å²) >= 11 is 0. The quantitative estimate of drug-likeness (QED) is 0.294. The summed E-state index contributed by atoms with van der Waals surface area (Å²) in [6.07, 6.45) is 3.54. The van der Waals surface area contributed by atoms with Crippen LogP contribution in [0.2, 0.25) is 0 Å². The number of para-hydroxylation sites is 1. The molecule has 2 fully saturated rings. The van der Waals surface area contributed by atoms with Crippen molar-refractivity contribution in [3.05, 3.63) is 66.7 Å². The highest BCUT2D eigenvalue weighted by atomic mass is 32.2. The minimum Gasteiger partial charge on any atom is -0.494 e. The second-order valence-corrected chi connectivity index (χ2v) is 13.4. The lowest BCUT2D eigenvalue weighted by molar-refractivity contribution is 0.0982. The Bertz CT molecular complexity index is 1680. The number of aromatic nitrogens is 2. The summed E-state index contributed by atoms with van der Waals surface area (Å²) in [6, 6.07) is 21.3. The molecular weight excluding hydrogens is 562 g/mol. The van der Waals surface area contributed by atoms with Gasteiger partial charge in [-0.2, -0.15) is 4.98 Å². The van der Waals surface area contributed by atoms with Crippen LogP contribution in [-0.4, -0.2) is 93.9 Å². The Hall–Kier alpha value is -3.93. The number of anilines is 5. The summed E-state index contributed by atoms with van der Waals surface area (Å²) in [4.78, 5) is 17.3. The molecule has 0 amide bonds. The molecule has 1 aromatic heterocycles. The van der Waals surface area contributed by atoms with Crippen LogP contribution in [-0.2, 0) is 9.84 Å².